The molecule has 18 heavy (non-hydrogen) atoms. The number of ether oxygens (including phenoxy) is 2. The first-order valence-corrected chi connectivity index (χ1v) is 5.33. The summed E-state index contributed by atoms with van der Waals surface area (Å²) in [5.74, 6) is 0. The first kappa shape index (κ1) is 11.5. The third-order valence-electron chi connectivity index (χ3n) is 2.76. The SMILES string of the molecule is FC(F)(F)c1cc(C2OCCO2)c2nc[nH]c2c1. The Morgan fingerprint density at radius 2 is 1.94 bits per heavy atom. The maximum absolute atomic E-state index is 12.8. The number of fused-ring (bicyclic) bond motifs is 1. The van der Waals surface area contributed by atoms with Crippen LogP contribution in [0.4, 0.5) is 13.2 Å². The van der Waals surface area contributed by atoms with Crippen molar-refractivity contribution in [1.82, 2.24) is 9.97 Å². The number of hydrogen-bond donors (Lipinski definition) is 1. The van der Waals surface area contributed by atoms with Crippen LogP contribution in [0.1, 0.15) is 17.4 Å². The number of hydrogen-bond acceptors (Lipinski definition) is 3. The van der Waals surface area contributed by atoms with E-state index in [1.54, 1.807) is 0 Å². The number of benzene rings is 1. The summed E-state index contributed by atoms with van der Waals surface area (Å²) in [7, 11) is 0. The molecule has 3 rings (SSSR count). The summed E-state index contributed by atoms with van der Waals surface area (Å²) in [5, 5.41) is 0. The number of halogens is 3. The van der Waals surface area contributed by atoms with Gasteiger partial charge in [0.1, 0.15) is 0 Å². The third-order valence-corrected chi connectivity index (χ3v) is 2.76. The van der Waals surface area contributed by atoms with Gasteiger partial charge in [-0.25, -0.2) is 4.98 Å². The van der Waals surface area contributed by atoms with Crippen LogP contribution in [-0.4, -0.2) is 23.2 Å². The van der Waals surface area contributed by atoms with E-state index < -0.39 is 18.0 Å². The molecular formula is C11H9F3N2O2. The maximum atomic E-state index is 12.8. The van der Waals surface area contributed by atoms with E-state index in [0.717, 1.165) is 12.1 Å². The average molecular weight is 258 g/mol. The van der Waals surface area contributed by atoms with E-state index in [-0.39, 0.29) is 0 Å². The van der Waals surface area contributed by atoms with E-state index in [0.29, 0.717) is 29.8 Å². The first-order chi connectivity index (χ1) is 8.55. The second-order valence-corrected chi connectivity index (χ2v) is 3.94. The second kappa shape index (κ2) is 3.96. The van der Waals surface area contributed by atoms with Crippen LogP contribution in [0.15, 0.2) is 18.5 Å². The van der Waals surface area contributed by atoms with Crippen molar-refractivity contribution in [2.45, 2.75) is 12.5 Å². The second-order valence-electron chi connectivity index (χ2n) is 3.94. The molecule has 1 aromatic carbocycles. The molecule has 1 aliphatic rings. The summed E-state index contributed by atoms with van der Waals surface area (Å²) >= 11 is 0. The normalized spacial score (nSPS) is 17.7. The average Bonchev–Trinajstić information content (AvgIpc) is 2.97. The lowest BCUT2D eigenvalue weighted by Gasteiger charge is -2.13. The van der Waals surface area contributed by atoms with E-state index in [1.165, 1.54) is 6.33 Å². The zero-order valence-corrected chi connectivity index (χ0v) is 9.12. The molecule has 7 heteroatoms. The van der Waals surface area contributed by atoms with Crippen molar-refractivity contribution in [1.29, 1.82) is 0 Å². The Balaban J connectivity index is 2.17. The molecule has 0 bridgehead atoms. The zero-order valence-electron chi connectivity index (χ0n) is 9.12. The minimum atomic E-state index is -4.41. The van der Waals surface area contributed by atoms with Gasteiger partial charge in [-0.1, -0.05) is 0 Å². The summed E-state index contributed by atoms with van der Waals surface area (Å²) in [6, 6.07) is 2.06. The third kappa shape index (κ3) is 1.85. The van der Waals surface area contributed by atoms with E-state index >= 15 is 0 Å². The predicted octanol–water partition coefficient (Wildman–Crippen LogP) is 2.63. The number of aromatic amines is 1. The van der Waals surface area contributed by atoms with Gasteiger partial charge in [-0.2, -0.15) is 13.2 Å². The van der Waals surface area contributed by atoms with Gasteiger partial charge in [-0.15, -0.1) is 0 Å². The molecule has 4 nitrogen and oxygen atoms in total. The molecule has 0 spiro atoms. The molecule has 1 aliphatic heterocycles. The lowest BCUT2D eigenvalue weighted by molar-refractivity contribution is -0.137. The number of H-pyrrole nitrogens is 1. The van der Waals surface area contributed by atoms with Crippen molar-refractivity contribution in [2.24, 2.45) is 0 Å². The number of alkyl halides is 3. The van der Waals surface area contributed by atoms with Crippen LogP contribution in [-0.2, 0) is 15.7 Å². The molecule has 2 aromatic rings. The quantitative estimate of drug-likeness (QED) is 0.855. The van der Waals surface area contributed by atoms with E-state index in [4.69, 9.17) is 9.47 Å². The highest BCUT2D eigenvalue weighted by molar-refractivity contribution is 5.79. The molecule has 96 valence electrons. The summed E-state index contributed by atoms with van der Waals surface area (Å²) in [4.78, 5) is 6.68. The van der Waals surface area contributed by atoms with E-state index in [1.807, 2.05) is 0 Å². The van der Waals surface area contributed by atoms with Crippen molar-refractivity contribution in [3.05, 3.63) is 29.6 Å². The summed E-state index contributed by atoms with van der Waals surface area (Å²) in [6.45, 7) is 0.736. The molecule has 0 saturated carbocycles. The largest absolute Gasteiger partial charge is 0.416 e. The van der Waals surface area contributed by atoms with Crippen molar-refractivity contribution < 1.29 is 22.6 Å². The molecule has 1 aromatic heterocycles. The summed E-state index contributed by atoms with van der Waals surface area (Å²) in [5.41, 5.74) is 0.320. The van der Waals surface area contributed by atoms with Crippen LogP contribution in [0.3, 0.4) is 0 Å². The number of imidazole rings is 1. The molecule has 1 fully saturated rings. The van der Waals surface area contributed by atoms with Crippen LogP contribution < -0.4 is 0 Å². The highest BCUT2D eigenvalue weighted by atomic mass is 19.4. The molecule has 0 radical (unpaired) electrons. The Bertz CT molecular complexity index is 573. The minimum Gasteiger partial charge on any atom is -0.346 e. The lowest BCUT2D eigenvalue weighted by atomic mass is 10.1. The molecule has 2 heterocycles. The fourth-order valence-corrected chi connectivity index (χ4v) is 1.96. The Labute approximate surface area is 99.7 Å². The standard InChI is InChI=1S/C11H9F3N2O2/c12-11(13,14)6-3-7(10-17-1-2-18-10)9-8(4-6)15-5-16-9/h3-5,10H,1-2H2,(H,15,16). The van der Waals surface area contributed by atoms with Crippen molar-refractivity contribution in [3.63, 3.8) is 0 Å². The maximum Gasteiger partial charge on any atom is 0.416 e. The molecule has 0 atom stereocenters. The van der Waals surface area contributed by atoms with E-state index in [2.05, 4.69) is 9.97 Å². The first-order valence-electron chi connectivity index (χ1n) is 5.33. The molecule has 0 unspecified atom stereocenters. The number of rotatable bonds is 1. The van der Waals surface area contributed by atoms with Crippen LogP contribution in [0.5, 0.6) is 0 Å². The Morgan fingerprint density at radius 3 is 2.61 bits per heavy atom. The van der Waals surface area contributed by atoms with Gasteiger partial charge in [0.15, 0.2) is 6.29 Å². The topological polar surface area (TPSA) is 47.1 Å². The van der Waals surface area contributed by atoms with Gasteiger partial charge in [-0.05, 0) is 12.1 Å². The fraction of sp³-hybridized carbons (Fsp3) is 0.364. The van der Waals surface area contributed by atoms with Gasteiger partial charge in [0, 0.05) is 5.56 Å². The van der Waals surface area contributed by atoms with Gasteiger partial charge in [0.25, 0.3) is 0 Å². The van der Waals surface area contributed by atoms with Gasteiger partial charge in [-0.3, -0.25) is 0 Å². The van der Waals surface area contributed by atoms with Gasteiger partial charge in [0.05, 0.1) is 36.1 Å². The van der Waals surface area contributed by atoms with Gasteiger partial charge < -0.3 is 14.5 Å². The molecule has 0 aliphatic carbocycles. The number of nitrogens with zero attached hydrogens (tertiary/aromatic N) is 1. The number of nitrogens with one attached hydrogen (secondary N) is 1. The van der Waals surface area contributed by atoms with E-state index in [9.17, 15) is 13.2 Å². The zero-order chi connectivity index (χ0) is 12.8. The smallest absolute Gasteiger partial charge is 0.346 e. The summed E-state index contributed by atoms with van der Waals surface area (Å²) in [6.07, 6.45) is -3.84. The number of aromatic nitrogens is 2. The Kier molecular flexibility index (Phi) is 2.53. The Morgan fingerprint density at radius 1 is 1.22 bits per heavy atom. The van der Waals surface area contributed by atoms with Crippen molar-refractivity contribution >= 4 is 11.0 Å². The van der Waals surface area contributed by atoms with Crippen LogP contribution in [0.2, 0.25) is 0 Å². The monoisotopic (exact) mass is 258 g/mol. The minimum absolute atomic E-state index is 0.304. The fourth-order valence-electron chi connectivity index (χ4n) is 1.96. The molecular weight excluding hydrogens is 249 g/mol. The highest BCUT2D eigenvalue weighted by Gasteiger charge is 2.33. The highest BCUT2D eigenvalue weighted by Crippen LogP contribution is 2.36. The molecule has 1 N–H and O–H groups in total. The Hall–Kier alpha value is -1.60. The molecule has 0 amide bonds. The predicted molar refractivity (Wildman–Crippen MR) is 55.7 cm³/mol. The van der Waals surface area contributed by atoms with Crippen LogP contribution in [0, 0.1) is 0 Å². The van der Waals surface area contributed by atoms with Crippen molar-refractivity contribution in [3.8, 4) is 0 Å². The molecule has 1 saturated heterocycles. The van der Waals surface area contributed by atoms with Crippen LogP contribution >= 0.6 is 0 Å². The summed E-state index contributed by atoms with van der Waals surface area (Å²) < 4.78 is 48.8. The van der Waals surface area contributed by atoms with Gasteiger partial charge >= 0.3 is 6.18 Å². The van der Waals surface area contributed by atoms with Crippen molar-refractivity contribution in [2.75, 3.05) is 13.2 Å². The van der Waals surface area contributed by atoms with Gasteiger partial charge in [0.2, 0.25) is 0 Å². The van der Waals surface area contributed by atoms with Crippen LogP contribution in [0.25, 0.3) is 11.0 Å². The lowest BCUT2D eigenvalue weighted by Crippen LogP contribution is -2.08.